The Morgan fingerprint density at radius 2 is 1.92 bits per heavy atom. The molecule has 7 nitrogen and oxygen atoms in total. The Bertz CT molecular complexity index is 1310. The molecule has 0 fully saturated rings. The molecular formula is C28H31N3O4S. The molecule has 0 saturated heterocycles. The van der Waals surface area contributed by atoms with Crippen molar-refractivity contribution in [3.8, 4) is 5.75 Å². The van der Waals surface area contributed by atoms with Crippen molar-refractivity contribution in [2.75, 3.05) is 11.9 Å². The van der Waals surface area contributed by atoms with Crippen molar-refractivity contribution in [1.29, 1.82) is 0 Å². The van der Waals surface area contributed by atoms with E-state index in [2.05, 4.69) is 5.32 Å². The van der Waals surface area contributed by atoms with E-state index in [1.54, 1.807) is 36.6 Å². The number of ether oxygens (including phenoxy) is 1. The van der Waals surface area contributed by atoms with Gasteiger partial charge in [0.2, 0.25) is 0 Å². The van der Waals surface area contributed by atoms with E-state index in [-0.39, 0.29) is 17.3 Å². The summed E-state index contributed by atoms with van der Waals surface area (Å²) in [6.45, 7) is 6.10. The Hall–Kier alpha value is -3.52. The molecule has 0 saturated carbocycles. The summed E-state index contributed by atoms with van der Waals surface area (Å²) >= 11 is 1.55. The van der Waals surface area contributed by atoms with Gasteiger partial charge in [0.1, 0.15) is 5.00 Å². The number of rotatable bonds is 7. The van der Waals surface area contributed by atoms with Crippen LogP contribution in [-0.2, 0) is 12.8 Å². The molecule has 4 rings (SSSR count). The van der Waals surface area contributed by atoms with Crippen molar-refractivity contribution >= 4 is 39.8 Å². The second kappa shape index (κ2) is 11.5. The fraction of sp³-hybridized carbons (Fsp3) is 0.357. The Balaban J connectivity index is 1.72. The van der Waals surface area contributed by atoms with Crippen LogP contribution in [0.1, 0.15) is 70.1 Å². The van der Waals surface area contributed by atoms with Gasteiger partial charge in [0, 0.05) is 22.8 Å². The molecule has 3 aromatic rings. The summed E-state index contributed by atoms with van der Waals surface area (Å²) in [6, 6.07) is 10.8. The van der Waals surface area contributed by atoms with Gasteiger partial charge in [-0.1, -0.05) is 25.0 Å². The molecule has 1 N–H and O–H groups in total. The maximum Gasteiger partial charge on any atom is 0.311 e. The van der Waals surface area contributed by atoms with Crippen LogP contribution in [-0.4, -0.2) is 23.7 Å². The molecule has 0 bridgehead atoms. The van der Waals surface area contributed by atoms with Gasteiger partial charge in [-0.2, -0.15) is 0 Å². The predicted molar refractivity (Wildman–Crippen MR) is 146 cm³/mol. The number of amides is 1. The van der Waals surface area contributed by atoms with Gasteiger partial charge in [0.15, 0.2) is 5.75 Å². The Kier molecular flexibility index (Phi) is 8.15. The first-order chi connectivity index (χ1) is 17.4. The third-order valence-corrected chi connectivity index (χ3v) is 7.53. The zero-order valence-corrected chi connectivity index (χ0v) is 21.7. The number of nitro groups is 1. The molecule has 2 aromatic carbocycles. The van der Waals surface area contributed by atoms with E-state index < -0.39 is 4.92 Å². The number of anilines is 1. The molecule has 0 radical (unpaired) electrons. The highest BCUT2D eigenvalue weighted by Gasteiger charge is 2.24. The first kappa shape index (κ1) is 25.6. The number of nitrogens with zero attached hydrogens (tertiary/aromatic N) is 2. The maximum atomic E-state index is 13.6. The lowest BCUT2D eigenvalue weighted by Crippen LogP contribution is -2.15. The van der Waals surface area contributed by atoms with Crippen molar-refractivity contribution in [3.05, 3.63) is 79.2 Å². The van der Waals surface area contributed by atoms with E-state index in [4.69, 9.17) is 9.73 Å². The number of aryl methyl sites for hydroxylation is 3. The van der Waals surface area contributed by atoms with Gasteiger partial charge >= 0.3 is 5.69 Å². The van der Waals surface area contributed by atoms with Gasteiger partial charge < -0.3 is 10.1 Å². The SMILES string of the molecule is CCOc1ccc(C=Nc2sc3c(c2C(=O)Nc2cc(C)ccc2C)CCCCCC3)cc1[N+](=O)[O-]. The van der Waals surface area contributed by atoms with Crippen LogP contribution in [0.15, 0.2) is 41.4 Å². The van der Waals surface area contributed by atoms with Gasteiger partial charge in [0.05, 0.1) is 17.1 Å². The smallest absolute Gasteiger partial charge is 0.311 e. The summed E-state index contributed by atoms with van der Waals surface area (Å²) in [4.78, 5) is 30.6. The van der Waals surface area contributed by atoms with Crippen molar-refractivity contribution in [2.45, 2.75) is 59.3 Å². The minimum atomic E-state index is -0.456. The summed E-state index contributed by atoms with van der Waals surface area (Å²) in [6.07, 6.45) is 7.87. The van der Waals surface area contributed by atoms with Crippen LogP contribution < -0.4 is 10.1 Å². The van der Waals surface area contributed by atoms with Gasteiger partial charge in [-0.05, 0) is 86.9 Å². The Morgan fingerprint density at radius 1 is 1.14 bits per heavy atom. The number of nitrogens with one attached hydrogen (secondary N) is 1. The molecule has 1 amide bonds. The monoisotopic (exact) mass is 505 g/mol. The van der Waals surface area contributed by atoms with Crippen LogP contribution in [0.25, 0.3) is 0 Å². The minimum Gasteiger partial charge on any atom is -0.487 e. The number of carbonyl (C=O) groups is 1. The van der Waals surface area contributed by atoms with Crippen molar-refractivity contribution in [1.82, 2.24) is 0 Å². The standard InChI is InChI=1S/C28H31N3O4S/c1-4-35-24-14-13-20(16-23(24)31(33)34)17-29-28-26(21-9-7-5-6-8-10-25(21)36-28)27(32)30-22-15-18(2)11-12-19(22)3/h11-17H,4-10H2,1-3H3,(H,30,32). The van der Waals surface area contributed by atoms with Crippen molar-refractivity contribution < 1.29 is 14.5 Å². The highest BCUT2D eigenvalue weighted by atomic mass is 32.1. The van der Waals surface area contributed by atoms with Gasteiger partial charge in [-0.15, -0.1) is 11.3 Å². The van der Waals surface area contributed by atoms with E-state index in [9.17, 15) is 14.9 Å². The Labute approximate surface area is 215 Å². The number of thiophene rings is 1. The van der Waals surface area contributed by atoms with Crippen molar-refractivity contribution in [2.24, 2.45) is 4.99 Å². The third-order valence-electron chi connectivity index (χ3n) is 6.33. The molecule has 1 aliphatic rings. The number of benzene rings is 2. The first-order valence-electron chi connectivity index (χ1n) is 12.4. The van der Waals surface area contributed by atoms with E-state index in [1.165, 1.54) is 17.4 Å². The zero-order chi connectivity index (χ0) is 25.7. The molecule has 0 aliphatic heterocycles. The average molecular weight is 506 g/mol. The second-order valence-electron chi connectivity index (χ2n) is 9.05. The summed E-state index contributed by atoms with van der Waals surface area (Å²) < 4.78 is 5.38. The lowest BCUT2D eigenvalue weighted by atomic mass is 9.96. The lowest BCUT2D eigenvalue weighted by molar-refractivity contribution is -0.385. The molecular weight excluding hydrogens is 474 g/mol. The fourth-order valence-electron chi connectivity index (χ4n) is 4.45. The van der Waals surface area contributed by atoms with Crippen molar-refractivity contribution in [3.63, 3.8) is 0 Å². The number of carbonyl (C=O) groups excluding carboxylic acids is 1. The van der Waals surface area contributed by atoms with Gasteiger partial charge in [0.25, 0.3) is 5.91 Å². The fourth-order valence-corrected chi connectivity index (χ4v) is 5.68. The highest BCUT2D eigenvalue weighted by molar-refractivity contribution is 7.16. The summed E-state index contributed by atoms with van der Waals surface area (Å²) in [7, 11) is 0. The minimum absolute atomic E-state index is 0.105. The first-order valence-corrected chi connectivity index (χ1v) is 13.2. The van der Waals surface area contributed by atoms with E-state index in [1.807, 2.05) is 32.0 Å². The van der Waals surface area contributed by atoms with E-state index in [0.29, 0.717) is 22.7 Å². The van der Waals surface area contributed by atoms with Crippen LogP contribution in [0.3, 0.4) is 0 Å². The summed E-state index contributed by atoms with van der Waals surface area (Å²) in [5, 5.41) is 15.3. The van der Waals surface area contributed by atoms with Crippen LogP contribution in [0.4, 0.5) is 16.4 Å². The lowest BCUT2D eigenvalue weighted by Gasteiger charge is -2.13. The summed E-state index contributed by atoms with van der Waals surface area (Å²) in [5.74, 6) is 0.0685. The maximum absolute atomic E-state index is 13.6. The van der Waals surface area contributed by atoms with Crippen LogP contribution in [0.2, 0.25) is 0 Å². The number of nitro benzene ring substituents is 1. The molecule has 1 aromatic heterocycles. The molecule has 188 valence electrons. The van der Waals surface area contributed by atoms with Crippen LogP contribution in [0, 0.1) is 24.0 Å². The predicted octanol–water partition coefficient (Wildman–Crippen LogP) is 7.33. The topological polar surface area (TPSA) is 93.8 Å². The van der Waals surface area contributed by atoms with Crippen LogP contribution in [0.5, 0.6) is 5.75 Å². The number of aliphatic imine (C=N–C) groups is 1. The Morgan fingerprint density at radius 3 is 2.67 bits per heavy atom. The highest BCUT2D eigenvalue weighted by Crippen LogP contribution is 2.39. The molecule has 0 atom stereocenters. The van der Waals surface area contributed by atoms with Gasteiger partial charge in [-0.25, -0.2) is 4.99 Å². The summed E-state index contributed by atoms with van der Waals surface area (Å²) in [5.41, 5.74) is 5.05. The second-order valence-corrected chi connectivity index (χ2v) is 10.1. The molecule has 0 unspecified atom stereocenters. The quantitative estimate of drug-likeness (QED) is 0.207. The normalized spacial score (nSPS) is 13.6. The van der Waals surface area contributed by atoms with Gasteiger partial charge in [-0.3, -0.25) is 14.9 Å². The number of hydrogen-bond acceptors (Lipinski definition) is 6. The van der Waals surface area contributed by atoms with Crippen LogP contribution >= 0.6 is 11.3 Å². The molecule has 1 heterocycles. The van der Waals surface area contributed by atoms with E-state index in [0.717, 1.165) is 54.5 Å². The average Bonchev–Trinajstić information content (AvgIpc) is 3.17. The molecule has 0 spiro atoms. The molecule has 36 heavy (non-hydrogen) atoms. The number of fused-ring (bicyclic) bond motifs is 1. The van der Waals surface area contributed by atoms with E-state index >= 15 is 0 Å². The third kappa shape index (κ3) is 5.82. The molecule has 8 heteroatoms. The number of hydrogen-bond donors (Lipinski definition) is 1. The molecule has 1 aliphatic carbocycles. The largest absolute Gasteiger partial charge is 0.487 e. The zero-order valence-electron chi connectivity index (χ0n) is 20.9.